The van der Waals surface area contributed by atoms with E-state index in [0.29, 0.717) is 37.5 Å². The van der Waals surface area contributed by atoms with Crippen LogP contribution in [0.25, 0.3) is 0 Å². The molecule has 4 atom stereocenters. The minimum absolute atomic E-state index is 0. The number of rotatable bonds is 14. The van der Waals surface area contributed by atoms with Gasteiger partial charge >= 0.3 is 0 Å². The number of aliphatic hydroxyl groups excluding tert-OH is 1. The van der Waals surface area contributed by atoms with Crippen molar-refractivity contribution < 1.29 is 19.3 Å². The molecule has 8 heteroatoms. The predicted octanol–water partition coefficient (Wildman–Crippen LogP) is 4.58. The van der Waals surface area contributed by atoms with E-state index in [0.717, 1.165) is 43.9 Å². The third-order valence-electron chi connectivity index (χ3n) is 6.67. The number of methoxy groups -OCH3 is 2. The molecule has 1 fully saturated rings. The molecular weight excluding hydrogens is 475 g/mol. The zero-order chi connectivity index (χ0) is 23.5. The monoisotopic (exact) mass is 522 g/mol. The molecule has 1 aliphatic heterocycles. The van der Waals surface area contributed by atoms with Crippen molar-refractivity contribution in [2.45, 2.75) is 65.0 Å². The van der Waals surface area contributed by atoms with Gasteiger partial charge in [0.2, 0.25) is 0 Å². The SMILES string of the molecule is COCCCOc1cc(C[C@@H](C[C@H](N)[C@@H](O)CN2CCCC(C)C2)C(C)C)ccc1OC.Cl.Cl. The number of hydrogen-bond donors (Lipinski definition) is 2. The van der Waals surface area contributed by atoms with E-state index < -0.39 is 6.10 Å². The van der Waals surface area contributed by atoms with Gasteiger partial charge in [-0.2, -0.15) is 0 Å². The van der Waals surface area contributed by atoms with Crippen LogP contribution < -0.4 is 15.2 Å². The maximum absolute atomic E-state index is 10.8. The molecule has 1 heterocycles. The van der Waals surface area contributed by atoms with E-state index in [2.05, 4.69) is 37.8 Å². The molecule has 1 aromatic rings. The molecular formula is C26H48Cl2N2O4. The van der Waals surface area contributed by atoms with Gasteiger partial charge < -0.3 is 30.0 Å². The average molecular weight is 524 g/mol. The minimum atomic E-state index is -0.489. The minimum Gasteiger partial charge on any atom is -0.493 e. The lowest BCUT2D eigenvalue weighted by Gasteiger charge is -2.34. The second-order valence-electron chi connectivity index (χ2n) is 9.86. The Morgan fingerprint density at radius 3 is 2.50 bits per heavy atom. The number of aliphatic hydroxyl groups is 1. The highest BCUT2D eigenvalue weighted by Crippen LogP contribution is 2.31. The Balaban J connectivity index is 0.00000544. The van der Waals surface area contributed by atoms with Crippen molar-refractivity contribution >= 4 is 24.8 Å². The van der Waals surface area contributed by atoms with Crippen molar-refractivity contribution in [3.05, 3.63) is 23.8 Å². The molecule has 1 unspecified atom stereocenters. The van der Waals surface area contributed by atoms with Crippen LogP contribution in [-0.4, -0.2) is 69.2 Å². The Kier molecular flexibility index (Phi) is 17.2. The molecule has 0 aliphatic carbocycles. The second-order valence-corrected chi connectivity index (χ2v) is 9.86. The summed E-state index contributed by atoms with van der Waals surface area (Å²) in [6.45, 7) is 10.8. The summed E-state index contributed by atoms with van der Waals surface area (Å²) in [5.41, 5.74) is 7.70. The highest BCUT2D eigenvalue weighted by Gasteiger charge is 2.26. The first kappa shape index (κ1) is 33.2. The zero-order valence-electron chi connectivity index (χ0n) is 21.7. The number of β-amino-alcohol motifs (C(OH)–C–C–N with tert-alkyl or cyclic N) is 1. The van der Waals surface area contributed by atoms with E-state index in [1.165, 1.54) is 18.4 Å². The van der Waals surface area contributed by atoms with Gasteiger partial charge in [0, 0.05) is 39.3 Å². The Labute approximate surface area is 219 Å². The molecule has 1 saturated heterocycles. The summed E-state index contributed by atoms with van der Waals surface area (Å²) >= 11 is 0. The van der Waals surface area contributed by atoms with E-state index in [1.54, 1.807) is 14.2 Å². The fraction of sp³-hybridized carbons (Fsp3) is 0.769. The smallest absolute Gasteiger partial charge is 0.161 e. The fourth-order valence-electron chi connectivity index (χ4n) is 4.60. The number of likely N-dealkylation sites (tertiary alicyclic amines) is 1. The molecule has 0 spiro atoms. The van der Waals surface area contributed by atoms with E-state index in [-0.39, 0.29) is 30.9 Å². The van der Waals surface area contributed by atoms with Crippen molar-refractivity contribution in [1.82, 2.24) is 4.90 Å². The van der Waals surface area contributed by atoms with Crippen LogP contribution >= 0.6 is 24.8 Å². The Morgan fingerprint density at radius 1 is 1.15 bits per heavy atom. The van der Waals surface area contributed by atoms with E-state index in [1.807, 2.05) is 6.07 Å². The van der Waals surface area contributed by atoms with E-state index in [9.17, 15) is 5.11 Å². The van der Waals surface area contributed by atoms with Crippen LogP contribution in [0.3, 0.4) is 0 Å². The van der Waals surface area contributed by atoms with Gasteiger partial charge in [-0.15, -0.1) is 24.8 Å². The lowest BCUT2D eigenvalue weighted by atomic mass is 9.83. The van der Waals surface area contributed by atoms with Gasteiger partial charge in [-0.05, 0) is 67.7 Å². The number of nitrogens with zero attached hydrogens (tertiary/aromatic N) is 1. The predicted molar refractivity (Wildman–Crippen MR) is 145 cm³/mol. The summed E-state index contributed by atoms with van der Waals surface area (Å²) in [6, 6.07) is 5.94. The molecule has 2 rings (SSSR count). The summed E-state index contributed by atoms with van der Waals surface area (Å²) < 4.78 is 16.5. The highest BCUT2D eigenvalue weighted by atomic mass is 35.5. The number of piperidine rings is 1. The largest absolute Gasteiger partial charge is 0.493 e. The number of hydrogen-bond acceptors (Lipinski definition) is 6. The van der Waals surface area contributed by atoms with Crippen LogP contribution in [0, 0.1) is 17.8 Å². The molecule has 0 saturated carbocycles. The van der Waals surface area contributed by atoms with Gasteiger partial charge in [0.25, 0.3) is 0 Å². The summed E-state index contributed by atoms with van der Waals surface area (Å²) in [7, 11) is 3.36. The van der Waals surface area contributed by atoms with Gasteiger partial charge in [0.15, 0.2) is 11.5 Å². The summed E-state index contributed by atoms with van der Waals surface area (Å²) in [4.78, 5) is 2.37. The molecule has 0 bridgehead atoms. The third-order valence-corrected chi connectivity index (χ3v) is 6.67. The first-order chi connectivity index (χ1) is 15.3. The molecule has 1 aliphatic rings. The van der Waals surface area contributed by atoms with Crippen LogP contribution in [0.2, 0.25) is 0 Å². The quantitative estimate of drug-likeness (QED) is 0.348. The molecule has 0 radical (unpaired) electrons. The maximum atomic E-state index is 10.8. The standard InChI is InChI=1S/C26H46N2O4.2ClH/c1-19(2)22(16-23(27)24(29)18-28-11-6-8-20(3)17-28)14-21-9-10-25(31-5)26(15-21)32-13-7-12-30-4;;/h9-10,15,19-20,22-24,29H,6-8,11-14,16-18,27H2,1-5H3;2*1H/t20?,22-,23-,24-;;/m0../s1. The Bertz CT molecular complexity index is 666. The summed E-state index contributed by atoms with van der Waals surface area (Å²) in [5.74, 6) is 3.07. The average Bonchev–Trinajstić information content (AvgIpc) is 2.76. The first-order valence-corrected chi connectivity index (χ1v) is 12.3. The Morgan fingerprint density at radius 2 is 1.88 bits per heavy atom. The van der Waals surface area contributed by atoms with Crippen LogP contribution in [0.15, 0.2) is 18.2 Å². The van der Waals surface area contributed by atoms with Crippen molar-refractivity contribution in [3.63, 3.8) is 0 Å². The summed E-state index contributed by atoms with van der Waals surface area (Å²) in [5, 5.41) is 10.8. The molecule has 0 amide bonds. The van der Waals surface area contributed by atoms with Crippen molar-refractivity contribution in [2.24, 2.45) is 23.5 Å². The zero-order valence-corrected chi connectivity index (χ0v) is 23.3. The van der Waals surface area contributed by atoms with Crippen LogP contribution in [0.4, 0.5) is 0 Å². The van der Waals surface area contributed by atoms with Gasteiger partial charge in [-0.1, -0.05) is 26.8 Å². The number of benzene rings is 1. The van der Waals surface area contributed by atoms with Crippen molar-refractivity contribution in [3.8, 4) is 11.5 Å². The van der Waals surface area contributed by atoms with E-state index >= 15 is 0 Å². The lowest BCUT2D eigenvalue weighted by Crippen LogP contribution is -2.47. The van der Waals surface area contributed by atoms with E-state index in [4.69, 9.17) is 19.9 Å². The highest BCUT2D eigenvalue weighted by molar-refractivity contribution is 5.85. The topological polar surface area (TPSA) is 77.2 Å². The number of nitrogens with two attached hydrogens (primary N) is 1. The molecule has 3 N–H and O–H groups in total. The number of halogens is 2. The fourth-order valence-corrected chi connectivity index (χ4v) is 4.60. The number of ether oxygens (including phenoxy) is 3. The Hall–Kier alpha value is -0.760. The molecule has 200 valence electrons. The molecule has 34 heavy (non-hydrogen) atoms. The van der Waals surface area contributed by atoms with Crippen LogP contribution in [0.1, 0.15) is 52.0 Å². The molecule has 0 aromatic heterocycles. The van der Waals surface area contributed by atoms with Gasteiger partial charge in [0.1, 0.15) is 0 Å². The second kappa shape index (κ2) is 17.6. The van der Waals surface area contributed by atoms with Crippen molar-refractivity contribution in [1.29, 1.82) is 0 Å². The van der Waals surface area contributed by atoms with Gasteiger partial charge in [0.05, 0.1) is 19.8 Å². The van der Waals surface area contributed by atoms with Crippen LogP contribution in [0.5, 0.6) is 11.5 Å². The molecule has 1 aromatic carbocycles. The first-order valence-electron chi connectivity index (χ1n) is 12.3. The van der Waals surface area contributed by atoms with Gasteiger partial charge in [-0.3, -0.25) is 0 Å². The maximum Gasteiger partial charge on any atom is 0.161 e. The third kappa shape index (κ3) is 11.3. The van der Waals surface area contributed by atoms with Gasteiger partial charge in [-0.25, -0.2) is 0 Å². The normalized spacial score (nSPS) is 19.0. The van der Waals surface area contributed by atoms with Crippen molar-refractivity contribution in [2.75, 3.05) is 47.1 Å². The lowest BCUT2D eigenvalue weighted by molar-refractivity contribution is 0.0628. The summed E-state index contributed by atoms with van der Waals surface area (Å²) in [6.07, 6.45) is 4.55. The van der Waals surface area contributed by atoms with Crippen LogP contribution in [-0.2, 0) is 11.2 Å². The molecule has 6 nitrogen and oxygen atoms in total.